The number of halogens is 3. The molecule has 0 spiro atoms. The van der Waals surface area contributed by atoms with E-state index in [2.05, 4.69) is 17.9 Å². The van der Waals surface area contributed by atoms with Gasteiger partial charge in [0.2, 0.25) is 5.75 Å². The SMILES string of the molecule is O=c1c(OCc2ccccc2F)c(N2CCN(S)CC2)cnn1C1=CC(F)=CC(F)C1. The fourth-order valence-electron chi connectivity index (χ4n) is 3.54. The Labute approximate surface area is 182 Å². The topological polar surface area (TPSA) is 50.6 Å². The van der Waals surface area contributed by atoms with Crippen LogP contribution in [-0.2, 0) is 6.61 Å². The molecule has 2 heterocycles. The summed E-state index contributed by atoms with van der Waals surface area (Å²) >= 11 is 4.33. The molecular formula is C21H21F3N4O2S. The average Bonchev–Trinajstić information content (AvgIpc) is 2.73. The molecule has 1 saturated heterocycles. The van der Waals surface area contributed by atoms with Gasteiger partial charge in [-0.05, 0) is 18.2 Å². The van der Waals surface area contributed by atoms with Crippen LogP contribution in [0.1, 0.15) is 12.0 Å². The first-order chi connectivity index (χ1) is 14.9. The zero-order valence-electron chi connectivity index (χ0n) is 16.5. The summed E-state index contributed by atoms with van der Waals surface area (Å²) in [6, 6.07) is 6.10. The Morgan fingerprint density at radius 2 is 1.90 bits per heavy atom. The van der Waals surface area contributed by atoms with Gasteiger partial charge in [0.15, 0.2) is 0 Å². The molecule has 0 bridgehead atoms. The van der Waals surface area contributed by atoms with Gasteiger partial charge in [-0.25, -0.2) is 17.5 Å². The van der Waals surface area contributed by atoms with Gasteiger partial charge >= 0.3 is 5.56 Å². The van der Waals surface area contributed by atoms with Crippen molar-refractivity contribution in [2.45, 2.75) is 19.2 Å². The largest absolute Gasteiger partial charge is 0.481 e. The van der Waals surface area contributed by atoms with E-state index in [0.717, 1.165) is 16.8 Å². The molecule has 1 aromatic heterocycles. The van der Waals surface area contributed by atoms with Gasteiger partial charge in [0, 0.05) is 38.2 Å². The predicted octanol–water partition coefficient (Wildman–Crippen LogP) is 3.36. The summed E-state index contributed by atoms with van der Waals surface area (Å²) < 4.78 is 50.2. The van der Waals surface area contributed by atoms with Gasteiger partial charge in [0.25, 0.3) is 0 Å². The summed E-state index contributed by atoms with van der Waals surface area (Å²) in [5, 5.41) is 4.15. The first kappa shape index (κ1) is 21.5. The van der Waals surface area contributed by atoms with Crippen LogP contribution in [0.25, 0.3) is 5.70 Å². The molecule has 1 unspecified atom stereocenters. The maximum atomic E-state index is 14.0. The molecule has 164 valence electrons. The predicted molar refractivity (Wildman–Crippen MR) is 115 cm³/mol. The molecule has 31 heavy (non-hydrogen) atoms. The average molecular weight is 450 g/mol. The number of rotatable bonds is 5. The lowest BCUT2D eigenvalue weighted by atomic mass is 10.1. The van der Waals surface area contributed by atoms with E-state index in [1.807, 2.05) is 9.21 Å². The molecule has 6 nitrogen and oxygen atoms in total. The number of aromatic nitrogens is 2. The highest BCUT2D eigenvalue weighted by molar-refractivity contribution is 7.77. The van der Waals surface area contributed by atoms with Crippen molar-refractivity contribution in [2.75, 3.05) is 31.1 Å². The number of alkyl halides is 1. The molecule has 0 N–H and O–H groups in total. The van der Waals surface area contributed by atoms with E-state index in [1.54, 1.807) is 18.2 Å². The highest BCUT2D eigenvalue weighted by Crippen LogP contribution is 2.29. The molecule has 2 aliphatic rings. The number of allylic oxidation sites excluding steroid dienone is 4. The number of hydrogen-bond acceptors (Lipinski definition) is 6. The van der Waals surface area contributed by atoms with Crippen molar-refractivity contribution < 1.29 is 17.9 Å². The number of hydrogen-bond donors (Lipinski definition) is 1. The molecule has 0 radical (unpaired) electrons. The van der Waals surface area contributed by atoms with Crippen LogP contribution in [-0.4, -0.2) is 46.4 Å². The second-order valence-corrected chi connectivity index (χ2v) is 7.87. The second-order valence-electron chi connectivity index (χ2n) is 7.30. The van der Waals surface area contributed by atoms with E-state index < -0.39 is 23.4 Å². The third kappa shape index (κ3) is 4.80. The lowest BCUT2D eigenvalue weighted by Gasteiger charge is -2.33. The third-order valence-corrected chi connectivity index (χ3v) is 5.56. The zero-order chi connectivity index (χ0) is 22.0. The Hall–Kier alpha value is -2.72. The lowest BCUT2D eigenvalue weighted by Crippen LogP contribution is -2.43. The standard InChI is InChI=1S/C21H21F3N4O2S/c22-15-9-16(23)11-17(10-15)28-21(29)20(30-13-14-3-1-2-4-18(14)24)19(12-25-28)26-5-7-27(31)8-6-26/h1-4,9-10,12,16,31H,5-8,11,13H2. The van der Waals surface area contributed by atoms with Crippen molar-refractivity contribution in [2.24, 2.45) is 0 Å². The highest BCUT2D eigenvalue weighted by Gasteiger charge is 2.25. The summed E-state index contributed by atoms with van der Waals surface area (Å²) in [6.07, 6.45) is 1.61. The summed E-state index contributed by atoms with van der Waals surface area (Å²) in [5.74, 6) is -1.27. The van der Waals surface area contributed by atoms with Crippen LogP contribution in [0.4, 0.5) is 18.9 Å². The van der Waals surface area contributed by atoms with Crippen molar-refractivity contribution in [3.05, 3.63) is 70.2 Å². The molecule has 1 aliphatic heterocycles. The third-order valence-electron chi connectivity index (χ3n) is 5.16. The van der Waals surface area contributed by atoms with Crippen LogP contribution in [0.2, 0.25) is 0 Å². The van der Waals surface area contributed by atoms with Gasteiger partial charge in [-0.1, -0.05) is 31.0 Å². The first-order valence-corrected chi connectivity index (χ1v) is 10.2. The normalized spacial score (nSPS) is 19.7. The van der Waals surface area contributed by atoms with Gasteiger partial charge in [-0.2, -0.15) is 9.78 Å². The van der Waals surface area contributed by atoms with Gasteiger partial charge in [-0.3, -0.25) is 4.79 Å². The molecule has 4 rings (SSSR count). The Morgan fingerprint density at radius 3 is 2.61 bits per heavy atom. The summed E-state index contributed by atoms with van der Waals surface area (Å²) in [6.45, 7) is 2.30. The van der Waals surface area contributed by atoms with E-state index in [1.165, 1.54) is 12.3 Å². The van der Waals surface area contributed by atoms with Gasteiger partial charge in [0.05, 0.1) is 11.9 Å². The van der Waals surface area contributed by atoms with Crippen molar-refractivity contribution in [3.63, 3.8) is 0 Å². The van der Waals surface area contributed by atoms with Gasteiger partial charge in [0.1, 0.15) is 30.1 Å². The Balaban J connectivity index is 1.71. The lowest BCUT2D eigenvalue weighted by molar-refractivity contribution is 0.292. The first-order valence-electron chi connectivity index (χ1n) is 9.82. The fraction of sp³-hybridized carbons (Fsp3) is 0.333. The van der Waals surface area contributed by atoms with Crippen molar-refractivity contribution in [3.8, 4) is 5.75 Å². The fourth-order valence-corrected chi connectivity index (χ4v) is 3.72. The molecule has 10 heteroatoms. The number of nitrogens with zero attached hydrogens (tertiary/aromatic N) is 4. The van der Waals surface area contributed by atoms with E-state index >= 15 is 0 Å². The van der Waals surface area contributed by atoms with E-state index in [0.29, 0.717) is 31.9 Å². The minimum atomic E-state index is -1.56. The Kier molecular flexibility index (Phi) is 6.38. The van der Waals surface area contributed by atoms with Crippen LogP contribution in [0.15, 0.2) is 53.2 Å². The maximum absolute atomic E-state index is 14.0. The number of anilines is 1. The van der Waals surface area contributed by atoms with E-state index in [4.69, 9.17) is 4.74 Å². The number of thiol groups is 1. The molecular weight excluding hydrogens is 429 g/mol. The molecule has 0 amide bonds. The molecule has 2 aromatic rings. The van der Waals surface area contributed by atoms with E-state index in [9.17, 15) is 18.0 Å². The van der Waals surface area contributed by atoms with E-state index in [-0.39, 0.29) is 30.0 Å². The van der Waals surface area contributed by atoms with Gasteiger partial charge in [-0.15, -0.1) is 0 Å². The molecule has 1 fully saturated rings. The monoisotopic (exact) mass is 450 g/mol. The quantitative estimate of drug-likeness (QED) is 0.708. The summed E-state index contributed by atoms with van der Waals surface area (Å²) in [7, 11) is 0. The van der Waals surface area contributed by atoms with Crippen LogP contribution in [0.3, 0.4) is 0 Å². The summed E-state index contributed by atoms with van der Waals surface area (Å²) in [5.41, 5.74) is 0.157. The van der Waals surface area contributed by atoms with Crippen LogP contribution < -0.4 is 15.2 Å². The van der Waals surface area contributed by atoms with Crippen LogP contribution in [0.5, 0.6) is 5.75 Å². The number of benzene rings is 1. The number of piperazine rings is 1. The Morgan fingerprint density at radius 1 is 1.16 bits per heavy atom. The van der Waals surface area contributed by atoms with Gasteiger partial charge < -0.3 is 9.64 Å². The molecule has 1 aromatic carbocycles. The maximum Gasteiger partial charge on any atom is 0.315 e. The van der Waals surface area contributed by atoms with Crippen molar-refractivity contribution in [1.29, 1.82) is 0 Å². The smallest absolute Gasteiger partial charge is 0.315 e. The summed E-state index contributed by atoms with van der Waals surface area (Å²) in [4.78, 5) is 15.2. The molecule has 1 aliphatic carbocycles. The van der Waals surface area contributed by atoms with Crippen LogP contribution in [0, 0.1) is 5.82 Å². The highest BCUT2D eigenvalue weighted by atomic mass is 32.1. The number of ether oxygens (including phenoxy) is 1. The Bertz CT molecular complexity index is 1080. The molecule has 0 saturated carbocycles. The van der Waals surface area contributed by atoms with Crippen molar-refractivity contribution >= 4 is 24.2 Å². The minimum absolute atomic E-state index is 0.0443. The molecule has 1 atom stereocenters. The second kappa shape index (κ2) is 9.19. The minimum Gasteiger partial charge on any atom is -0.481 e. The van der Waals surface area contributed by atoms with Crippen LogP contribution >= 0.6 is 12.8 Å². The van der Waals surface area contributed by atoms with Crippen molar-refractivity contribution in [1.82, 2.24) is 14.1 Å². The zero-order valence-corrected chi connectivity index (χ0v) is 17.4.